The van der Waals surface area contributed by atoms with Crippen molar-refractivity contribution in [3.8, 4) is 11.5 Å². The highest BCUT2D eigenvalue weighted by molar-refractivity contribution is 5.95. The summed E-state index contributed by atoms with van der Waals surface area (Å²) in [5.74, 6) is -0.570. The molecule has 1 unspecified atom stereocenters. The Morgan fingerprint density at radius 2 is 1.97 bits per heavy atom. The molecule has 0 bridgehead atoms. The Labute approximate surface area is 197 Å². The Bertz CT molecular complexity index is 1140. The summed E-state index contributed by atoms with van der Waals surface area (Å²) >= 11 is 0. The molecule has 34 heavy (non-hydrogen) atoms. The van der Waals surface area contributed by atoms with Crippen LogP contribution in [0, 0.1) is 17.0 Å². The van der Waals surface area contributed by atoms with E-state index < -0.39 is 23.0 Å². The van der Waals surface area contributed by atoms with Crippen molar-refractivity contribution in [1.82, 2.24) is 10.6 Å². The van der Waals surface area contributed by atoms with Crippen LogP contribution in [-0.4, -0.2) is 30.6 Å². The number of nitro groups is 1. The smallest absolute Gasteiger partial charge is 0.338 e. The molecule has 3 rings (SSSR count). The van der Waals surface area contributed by atoms with Crippen LogP contribution in [-0.2, 0) is 16.1 Å². The number of nitrogens with one attached hydrogen (secondary N) is 2. The van der Waals surface area contributed by atoms with Gasteiger partial charge in [-0.3, -0.25) is 10.1 Å². The molecule has 10 heteroatoms. The van der Waals surface area contributed by atoms with Gasteiger partial charge in [0.1, 0.15) is 6.61 Å². The van der Waals surface area contributed by atoms with E-state index in [0.29, 0.717) is 12.1 Å². The van der Waals surface area contributed by atoms with Crippen LogP contribution in [0.4, 0.5) is 10.5 Å². The molecule has 0 aliphatic carbocycles. The molecule has 0 aromatic heterocycles. The van der Waals surface area contributed by atoms with E-state index in [9.17, 15) is 19.7 Å². The second-order valence-electron chi connectivity index (χ2n) is 7.60. The van der Waals surface area contributed by atoms with Crippen LogP contribution in [0.1, 0.15) is 43.0 Å². The van der Waals surface area contributed by atoms with E-state index in [2.05, 4.69) is 10.6 Å². The van der Waals surface area contributed by atoms with Gasteiger partial charge in [0.15, 0.2) is 5.75 Å². The standard InChI is InChI=1S/C24H27N3O7/c1-5-17-20(23(28)33-6-2)21(26-24(29)25-17)16-11-18(27(30)31)22(19(12-16)32-4)34-13-15-9-7-8-14(3)10-15/h7-12,21H,5-6,13H2,1-4H3,(H2,25,26,29). The van der Waals surface area contributed by atoms with E-state index in [1.165, 1.54) is 19.2 Å². The lowest BCUT2D eigenvalue weighted by Crippen LogP contribution is -2.45. The van der Waals surface area contributed by atoms with Crippen molar-refractivity contribution in [1.29, 1.82) is 0 Å². The van der Waals surface area contributed by atoms with Gasteiger partial charge in [0, 0.05) is 11.8 Å². The number of benzene rings is 2. The third-order valence-electron chi connectivity index (χ3n) is 5.28. The van der Waals surface area contributed by atoms with Gasteiger partial charge in [0.2, 0.25) is 5.75 Å². The number of carbonyl (C=O) groups excluding carboxylic acids is 2. The highest BCUT2D eigenvalue weighted by atomic mass is 16.6. The van der Waals surface area contributed by atoms with Crippen molar-refractivity contribution in [2.45, 2.75) is 39.8 Å². The molecule has 2 aromatic rings. The van der Waals surface area contributed by atoms with Crippen LogP contribution >= 0.6 is 0 Å². The Balaban J connectivity index is 2.07. The predicted molar refractivity (Wildman–Crippen MR) is 124 cm³/mol. The maximum atomic E-state index is 12.7. The number of nitrogens with zero attached hydrogens (tertiary/aromatic N) is 1. The second-order valence-corrected chi connectivity index (χ2v) is 7.60. The van der Waals surface area contributed by atoms with Gasteiger partial charge < -0.3 is 24.8 Å². The molecule has 2 aromatic carbocycles. The van der Waals surface area contributed by atoms with E-state index in [1.807, 2.05) is 31.2 Å². The molecular formula is C24H27N3O7. The first-order valence-electron chi connectivity index (χ1n) is 10.8. The van der Waals surface area contributed by atoms with Crippen LogP contribution in [0.25, 0.3) is 0 Å². The average Bonchev–Trinajstić information content (AvgIpc) is 2.81. The largest absolute Gasteiger partial charge is 0.493 e. The molecule has 2 amide bonds. The van der Waals surface area contributed by atoms with Gasteiger partial charge in [-0.05, 0) is 37.5 Å². The first kappa shape index (κ1) is 24.6. The topological polar surface area (TPSA) is 129 Å². The quantitative estimate of drug-likeness (QED) is 0.322. The molecule has 180 valence electrons. The van der Waals surface area contributed by atoms with Gasteiger partial charge in [0.05, 0.1) is 30.3 Å². The number of hydrogen-bond donors (Lipinski definition) is 2. The summed E-state index contributed by atoms with van der Waals surface area (Å²) in [6.45, 7) is 5.62. The number of nitro benzene ring substituents is 1. The van der Waals surface area contributed by atoms with Gasteiger partial charge in [-0.1, -0.05) is 36.8 Å². The lowest BCUT2D eigenvalue weighted by molar-refractivity contribution is -0.386. The van der Waals surface area contributed by atoms with Crippen molar-refractivity contribution in [3.05, 3.63) is 74.5 Å². The minimum atomic E-state index is -0.971. The SMILES string of the molecule is CCOC(=O)C1=C(CC)NC(=O)NC1c1cc(OC)c(OCc2cccc(C)c2)c([N+](=O)[O-])c1. The van der Waals surface area contributed by atoms with Crippen LogP contribution in [0.2, 0.25) is 0 Å². The molecule has 2 N–H and O–H groups in total. The minimum absolute atomic E-state index is 0.0459. The zero-order chi connectivity index (χ0) is 24.8. The molecule has 1 atom stereocenters. The first-order valence-corrected chi connectivity index (χ1v) is 10.8. The second kappa shape index (κ2) is 10.7. The van der Waals surface area contributed by atoms with Gasteiger partial charge in [-0.15, -0.1) is 0 Å². The highest BCUT2D eigenvalue weighted by Crippen LogP contribution is 2.42. The molecule has 0 fully saturated rings. The Hall–Kier alpha value is -4.08. The lowest BCUT2D eigenvalue weighted by Gasteiger charge is -2.29. The molecular weight excluding hydrogens is 442 g/mol. The predicted octanol–water partition coefficient (Wildman–Crippen LogP) is 4.07. The van der Waals surface area contributed by atoms with E-state index in [0.717, 1.165) is 11.1 Å². The fraction of sp³-hybridized carbons (Fsp3) is 0.333. The van der Waals surface area contributed by atoms with Gasteiger partial charge >= 0.3 is 17.7 Å². The summed E-state index contributed by atoms with van der Waals surface area (Å²) in [7, 11) is 1.36. The van der Waals surface area contributed by atoms with Crippen molar-refractivity contribution in [3.63, 3.8) is 0 Å². The molecule has 0 saturated carbocycles. The van der Waals surface area contributed by atoms with Crippen LogP contribution in [0.5, 0.6) is 11.5 Å². The van der Waals surface area contributed by atoms with Crippen molar-refractivity contribution >= 4 is 17.7 Å². The summed E-state index contributed by atoms with van der Waals surface area (Å²) < 4.78 is 16.4. The molecule has 0 radical (unpaired) electrons. The van der Waals surface area contributed by atoms with Crippen molar-refractivity contribution in [2.24, 2.45) is 0 Å². The molecule has 10 nitrogen and oxygen atoms in total. The van der Waals surface area contributed by atoms with Gasteiger partial charge in [-0.2, -0.15) is 0 Å². The normalized spacial score (nSPS) is 15.3. The minimum Gasteiger partial charge on any atom is -0.493 e. The number of carbonyl (C=O) groups is 2. The fourth-order valence-corrected chi connectivity index (χ4v) is 3.76. The number of methoxy groups -OCH3 is 1. The third kappa shape index (κ3) is 5.28. The number of esters is 1. The van der Waals surface area contributed by atoms with Crippen molar-refractivity contribution < 1.29 is 28.7 Å². The summed E-state index contributed by atoms with van der Waals surface area (Å²) in [5.41, 5.74) is 2.37. The Morgan fingerprint density at radius 1 is 1.21 bits per heavy atom. The molecule has 1 aliphatic rings. The molecule has 1 heterocycles. The average molecular weight is 469 g/mol. The zero-order valence-electron chi connectivity index (χ0n) is 19.5. The monoisotopic (exact) mass is 469 g/mol. The first-order chi connectivity index (χ1) is 16.3. The summed E-state index contributed by atoms with van der Waals surface area (Å²) in [4.78, 5) is 36.4. The van der Waals surface area contributed by atoms with Crippen LogP contribution < -0.4 is 20.1 Å². The number of hydrogen-bond acceptors (Lipinski definition) is 7. The number of amides is 2. The van der Waals surface area contributed by atoms with Crippen molar-refractivity contribution in [2.75, 3.05) is 13.7 Å². The van der Waals surface area contributed by atoms with Crippen LogP contribution in [0.3, 0.4) is 0 Å². The number of allylic oxidation sites excluding steroid dienone is 1. The summed E-state index contributed by atoms with van der Waals surface area (Å²) in [5, 5.41) is 17.2. The highest BCUT2D eigenvalue weighted by Gasteiger charge is 2.35. The molecule has 0 spiro atoms. The number of rotatable bonds is 9. The summed E-state index contributed by atoms with van der Waals surface area (Å²) in [6.07, 6.45) is 0.356. The molecule has 0 saturated heterocycles. The molecule has 1 aliphatic heterocycles. The van der Waals surface area contributed by atoms with E-state index in [1.54, 1.807) is 13.8 Å². The van der Waals surface area contributed by atoms with E-state index in [4.69, 9.17) is 14.2 Å². The van der Waals surface area contributed by atoms with Gasteiger partial charge in [-0.25, -0.2) is 9.59 Å². The van der Waals surface area contributed by atoms with E-state index >= 15 is 0 Å². The zero-order valence-corrected chi connectivity index (χ0v) is 19.5. The Kier molecular flexibility index (Phi) is 7.72. The number of aryl methyl sites for hydroxylation is 1. The maximum Gasteiger partial charge on any atom is 0.338 e. The number of ether oxygens (including phenoxy) is 3. The van der Waals surface area contributed by atoms with E-state index in [-0.39, 0.29) is 41.5 Å². The van der Waals surface area contributed by atoms with Gasteiger partial charge in [0.25, 0.3) is 0 Å². The lowest BCUT2D eigenvalue weighted by atomic mass is 9.93. The van der Waals surface area contributed by atoms with Crippen LogP contribution in [0.15, 0.2) is 47.7 Å². The summed E-state index contributed by atoms with van der Waals surface area (Å²) in [6, 6.07) is 8.87. The third-order valence-corrected chi connectivity index (χ3v) is 5.28. The Morgan fingerprint density at radius 3 is 2.59 bits per heavy atom. The number of urea groups is 1. The fourth-order valence-electron chi connectivity index (χ4n) is 3.76. The maximum absolute atomic E-state index is 12.7.